The summed E-state index contributed by atoms with van der Waals surface area (Å²) in [7, 11) is 0. The highest BCUT2D eigenvalue weighted by atomic mass is 35.5. The summed E-state index contributed by atoms with van der Waals surface area (Å²) >= 11 is 11.4. The topological polar surface area (TPSA) is 50.7 Å². The molecule has 1 fully saturated rings. The molecule has 1 atom stereocenters. The van der Waals surface area contributed by atoms with Gasteiger partial charge in [0.05, 0.1) is 0 Å². The highest BCUT2D eigenvalue weighted by molar-refractivity contribution is 6.32. The monoisotopic (exact) mass is 232 g/mol. The van der Waals surface area contributed by atoms with E-state index >= 15 is 0 Å². The van der Waals surface area contributed by atoms with Gasteiger partial charge in [-0.2, -0.15) is 4.98 Å². The predicted molar refractivity (Wildman–Crippen MR) is 55.7 cm³/mol. The second kappa shape index (κ2) is 3.87. The molecule has 1 aliphatic rings. The highest BCUT2D eigenvalue weighted by Gasteiger charge is 2.28. The number of nitrogens with zero attached hydrogens (tertiary/aromatic N) is 3. The zero-order valence-corrected chi connectivity index (χ0v) is 9.18. The Morgan fingerprint density at radius 1 is 1.36 bits per heavy atom. The van der Waals surface area contributed by atoms with Crippen molar-refractivity contribution in [3.05, 3.63) is 10.4 Å². The van der Waals surface area contributed by atoms with Gasteiger partial charge in [-0.05, 0) is 37.3 Å². The number of aromatic nitrogens is 3. The van der Waals surface area contributed by atoms with Gasteiger partial charge in [0.15, 0.2) is 11.0 Å². The molecule has 1 aliphatic carbocycles. The van der Waals surface area contributed by atoms with E-state index < -0.39 is 0 Å². The summed E-state index contributed by atoms with van der Waals surface area (Å²) in [4.78, 5) is 3.97. The third kappa shape index (κ3) is 2.25. The molecule has 1 saturated carbocycles. The van der Waals surface area contributed by atoms with Crippen molar-refractivity contribution in [2.24, 2.45) is 5.92 Å². The van der Waals surface area contributed by atoms with Gasteiger partial charge >= 0.3 is 0 Å². The van der Waals surface area contributed by atoms with E-state index in [2.05, 4.69) is 27.4 Å². The van der Waals surface area contributed by atoms with Crippen LogP contribution in [0.5, 0.6) is 0 Å². The number of hydrogen-bond acceptors (Lipinski definition) is 4. The zero-order chi connectivity index (χ0) is 10.1. The van der Waals surface area contributed by atoms with E-state index in [-0.39, 0.29) is 10.4 Å². The first kappa shape index (κ1) is 9.93. The first-order chi connectivity index (χ1) is 6.66. The van der Waals surface area contributed by atoms with Crippen molar-refractivity contribution in [1.82, 2.24) is 15.2 Å². The molecule has 6 heteroatoms. The smallest absolute Gasteiger partial charge is 0.245 e. The molecule has 0 spiro atoms. The van der Waals surface area contributed by atoms with E-state index in [1.54, 1.807) is 0 Å². The molecule has 0 radical (unpaired) electrons. The Morgan fingerprint density at radius 3 is 2.71 bits per heavy atom. The second-order valence-corrected chi connectivity index (χ2v) is 4.19. The quantitative estimate of drug-likeness (QED) is 0.870. The van der Waals surface area contributed by atoms with Crippen LogP contribution >= 0.6 is 23.2 Å². The summed E-state index contributed by atoms with van der Waals surface area (Å²) in [6.45, 7) is 2.10. The van der Waals surface area contributed by atoms with Crippen LogP contribution in [0.2, 0.25) is 10.4 Å². The summed E-state index contributed by atoms with van der Waals surface area (Å²) in [5.41, 5.74) is 0. The van der Waals surface area contributed by atoms with E-state index in [9.17, 15) is 0 Å². The van der Waals surface area contributed by atoms with Crippen molar-refractivity contribution in [2.75, 3.05) is 5.32 Å². The molecule has 4 nitrogen and oxygen atoms in total. The lowest BCUT2D eigenvalue weighted by atomic mass is 10.2. The maximum Gasteiger partial charge on any atom is 0.245 e. The van der Waals surface area contributed by atoms with Gasteiger partial charge in [-0.3, -0.25) is 0 Å². The van der Waals surface area contributed by atoms with E-state index in [1.807, 2.05) is 0 Å². The minimum absolute atomic E-state index is 0.111. The molecule has 0 aromatic carbocycles. The Balaban J connectivity index is 2.10. The fraction of sp³-hybridized carbons (Fsp3) is 0.625. The third-order valence-electron chi connectivity index (χ3n) is 2.31. The number of anilines is 1. The van der Waals surface area contributed by atoms with Gasteiger partial charge in [0.2, 0.25) is 5.28 Å². The molecule has 0 saturated heterocycles. The highest BCUT2D eigenvalue weighted by Crippen LogP contribution is 2.34. The van der Waals surface area contributed by atoms with Gasteiger partial charge in [0, 0.05) is 6.04 Å². The molecule has 2 rings (SSSR count). The van der Waals surface area contributed by atoms with Gasteiger partial charge in [-0.15, -0.1) is 10.2 Å². The molecule has 0 bridgehead atoms. The van der Waals surface area contributed by atoms with Crippen LogP contribution in [0.1, 0.15) is 19.8 Å². The van der Waals surface area contributed by atoms with Gasteiger partial charge in [0.25, 0.3) is 0 Å². The Bertz CT molecular complexity index is 340. The first-order valence-corrected chi connectivity index (χ1v) is 5.24. The van der Waals surface area contributed by atoms with Crippen LogP contribution < -0.4 is 5.32 Å². The molecular weight excluding hydrogens is 223 g/mol. The average molecular weight is 233 g/mol. The SMILES string of the molecule is CC(Nc1nc(Cl)nnc1Cl)C1CC1. The van der Waals surface area contributed by atoms with Crippen LogP contribution in [-0.2, 0) is 0 Å². The maximum absolute atomic E-state index is 5.81. The molecule has 1 unspecified atom stereocenters. The summed E-state index contributed by atoms with van der Waals surface area (Å²) in [6.07, 6.45) is 2.52. The van der Waals surface area contributed by atoms with E-state index in [0.717, 1.165) is 5.92 Å². The molecule has 1 aromatic heterocycles. The first-order valence-electron chi connectivity index (χ1n) is 4.49. The number of nitrogens with one attached hydrogen (secondary N) is 1. The second-order valence-electron chi connectivity index (χ2n) is 3.49. The standard InChI is InChI=1S/C8H10Cl2N4/c1-4(5-2-3-5)11-7-6(9)13-14-8(10)12-7/h4-5H,2-3H2,1H3,(H,11,12,14). The van der Waals surface area contributed by atoms with Crippen molar-refractivity contribution in [1.29, 1.82) is 0 Å². The van der Waals surface area contributed by atoms with Crippen LogP contribution in [-0.4, -0.2) is 21.2 Å². The Labute approximate surface area is 92.0 Å². The molecule has 0 aliphatic heterocycles. The summed E-state index contributed by atoms with van der Waals surface area (Å²) in [5.74, 6) is 1.24. The normalized spacial score (nSPS) is 17.9. The van der Waals surface area contributed by atoms with Crippen LogP contribution in [0.15, 0.2) is 0 Å². The molecule has 1 heterocycles. The molecule has 76 valence electrons. The molecule has 0 amide bonds. The van der Waals surface area contributed by atoms with Gasteiger partial charge < -0.3 is 5.32 Å². The Hall–Kier alpha value is -0.610. The van der Waals surface area contributed by atoms with E-state index in [1.165, 1.54) is 12.8 Å². The number of halogens is 2. The fourth-order valence-electron chi connectivity index (χ4n) is 1.31. The van der Waals surface area contributed by atoms with E-state index in [4.69, 9.17) is 23.2 Å². The molecule has 1 aromatic rings. The van der Waals surface area contributed by atoms with Crippen molar-refractivity contribution in [2.45, 2.75) is 25.8 Å². The van der Waals surface area contributed by atoms with Gasteiger partial charge in [-0.25, -0.2) is 0 Å². The van der Waals surface area contributed by atoms with Gasteiger partial charge in [-0.1, -0.05) is 11.6 Å². The summed E-state index contributed by atoms with van der Waals surface area (Å²) < 4.78 is 0. The van der Waals surface area contributed by atoms with Crippen LogP contribution in [0, 0.1) is 5.92 Å². The van der Waals surface area contributed by atoms with Crippen molar-refractivity contribution in [3.8, 4) is 0 Å². The Morgan fingerprint density at radius 2 is 2.07 bits per heavy atom. The minimum Gasteiger partial charge on any atom is -0.365 e. The van der Waals surface area contributed by atoms with Crippen molar-refractivity contribution < 1.29 is 0 Å². The lowest BCUT2D eigenvalue weighted by Gasteiger charge is -2.13. The average Bonchev–Trinajstić information content (AvgIpc) is 2.94. The molecular formula is C8H10Cl2N4. The Kier molecular flexibility index (Phi) is 2.74. The van der Waals surface area contributed by atoms with Crippen LogP contribution in [0.4, 0.5) is 5.82 Å². The van der Waals surface area contributed by atoms with Crippen molar-refractivity contribution in [3.63, 3.8) is 0 Å². The lowest BCUT2D eigenvalue weighted by molar-refractivity contribution is 0.688. The third-order valence-corrected chi connectivity index (χ3v) is 2.73. The minimum atomic E-state index is 0.111. The van der Waals surface area contributed by atoms with Crippen LogP contribution in [0.3, 0.4) is 0 Å². The van der Waals surface area contributed by atoms with E-state index in [0.29, 0.717) is 11.9 Å². The maximum atomic E-state index is 5.81. The summed E-state index contributed by atoms with van der Waals surface area (Å²) in [5, 5.41) is 10.8. The van der Waals surface area contributed by atoms with Crippen molar-refractivity contribution >= 4 is 29.0 Å². The largest absolute Gasteiger partial charge is 0.365 e. The molecule has 14 heavy (non-hydrogen) atoms. The lowest BCUT2D eigenvalue weighted by Crippen LogP contribution is -2.18. The van der Waals surface area contributed by atoms with Gasteiger partial charge in [0.1, 0.15) is 0 Å². The summed E-state index contributed by atoms with van der Waals surface area (Å²) in [6, 6.07) is 0.361. The number of hydrogen-bond donors (Lipinski definition) is 1. The van der Waals surface area contributed by atoms with Crippen LogP contribution in [0.25, 0.3) is 0 Å². The fourth-order valence-corrected chi connectivity index (χ4v) is 1.57. The number of rotatable bonds is 3. The zero-order valence-electron chi connectivity index (χ0n) is 7.67. The molecule has 1 N–H and O–H groups in total. The predicted octanol–water partition coefficient (Wildman–Crippen LogP) is 2.39.